The highest BCUT2D eigenvalue weighted by atomic mass is 16.5. The molecule has 0 bridgehead atoms. The molecule has 37 heavy (non-hydrogen) atoms. The minimum Gasteiger partial charge on any atom is -0.481 e. The lowest BCUT2D eigenvalue weighted by molar-refractivity contribution is -0.143. The van der Waals surface area contributed by atoms with Crippen molar-refractivity contribution in [1.29, 1.82) is 0 Å². The van der Waals surface area contributed by atoms with Gasteiger partial charge in [-0.05, 0) is 57.2 Å². The van der Waals surface area contributed by atoms with Crippen LogP contribution in [0.1, 0.15) is 62.2 Å². The Morgan fingerprint density at radius 3 is 2.86 bits per heavy atom. The summed E-state index contributed by atoms with van der Waals surface area (Å²) in [6, 6.07) is 5.94. The third-order valence-electron chi connectivity index (χ3n) is 7.91. The number of aliphatic carboxylic acids is 1. The third-order valence-corrected chi connectivity index (χ3v) is 7.91. The number of aryl methyl sites for hydroxylation is 1. The van der Waals surface area contributed by atoms with Crippen LogP contribution in [0.15, 0.2) is 30.6 Å². The number of nitrogens with zero attached hydrogens (tertiary/aromatic N) is 5. The molecule has 10 nitrogen and oxygen atoms in total. The Balaban J connectivity index is 1.49. The Morgan fingerprint density at radius 1 is 1.19 bits per heavy atom. The number of hydrogen-bond acceptors (Lipinski definition) is 6. The van der Waals surface area contributed by atoms with Gasteiger partial charge in [0, 0.05) is 30.3 Å². The number of aromatic amines is 1. The van der Waals surface area contributed by atoms with Crippen molar-refractivity contribution in [1.82, 2.24) is 24.5 Å². The van der Waals surface area contributed by atoms with Gasteiger partial charge in [-0.3, -0.25) is 9.69 Å². The zero-order valence-corrected chi connectivity index (χ0v) is 21.0. The van der Waals surface area contributed by atoms with Crippen molar-refractivity contribution >= 4 is 39.9 Å². The number of carboxylic acid groups (broad SMARTS) is 1. The minimum atomic E-state index is -0.737. The van der Waals surface area contributed by atoms with Crippen LogP contribution >= 0.6 is 0 Å². The second kappa shape index (κ2) is 9.17. The van der Waals surface area contributed by atoms with Gasteiger partial charge in [-0.1, -0.05) is 6.42 Å². The zero-order valence-electron chi connectivity index (χ0n) is 21.0. The third kappa shape index (κ3) is 4.00. The summed E-state index contributed by atoms with van der Waals surface area (Å²) in [4.78, 5) is 43.7. The molecule has 1 amide bonds. The van der Waals surface area contributed by atoms with Gasteiger partial charge in [0.1, 0.15) is 11.3 Å². The number of benzene rings is 1. The maximum Gasteiger partial charge on any atom is 0.414 e. The van der Waals surface area contributed by atoms with Crippen molar-refractivity contribution in [2.24, 2.45) is 5.92 Å². The predicted octanol–water partition coefficient (Wildman–Crippen LogP) is 4.62. The molecular weight excluding hydrogens is 472 g/mol. The minimum absolute atomic E-state index is 0.0241. The molecule has 4 aromatic rings. The molecule has 1 unspecified atom stereocenters. The van der Waals surface area contributed by atoms with E-state index in [4.69, 9.17) is 14.7 Å². The molecule has 1 aromatic carbocycles. The number of carbonyl (C=O) groups is 2. The van der Waals surface area contributed by atoms with Crippen molar-refractivity contribution in [3.63, 3.8) is 0 Å². The summed E-state index contributed by atoms with van der Waals surface area (Å²) in [6.45, 7) is 2.03. The average molecular weight is 503 g/mol. The summed E-state index contributed by atoms with van der Waals surface area (Å²) in [5.41, 5.74) is 6.02. The Labute approximate surface area is 213 Å². The van der Waals surface area contributed by atoms with Gasteiger partial charge >= 0.3 is 12.1 Å². The van der Waals surface area contributed by atoms with Crippen LogP contribution in [-0.4, -0.2) is 54.8 Å². The summed E-state index contributed by atoms with van der Waals surface area (Å²) in [6.07, 6.45) is 8.31. The van der Waals surface area contributed by atoms with Crippen molar-refractivity contribution in [2.75, 3.05) is 12.0 Å². The summed E-state index contributed by atoms with van der Waals surface area (Å²) in [7, 11) is 1.40. The molecule has 0 radical (unpaired) electrons. The predicted molar refractivity (Wildman–Crippen MR) is 138 cm³/mol. The van der Waals surface area contributed by atoms with Crippen LogP contribution in [0, 0.1) is 5.92 Å². The lowest BCUT2D eigenvalue weighted by atomic mass is 9.85. The van der Waals surface area contributed by atoms with Gasteiger partial charge in [0.2, 0.25) is 0 Å². The van der Waals surface area contributed by atoms with Crippen LogP contribution in [0.2, 0.25) is 0 Å². The number of carbonyl (C=O) groups excluding carboxylic acids is 1. The summed E-state index contributed by atoms with van der Waals surface area (Å²) in [5, 5.41) is 9.74. The van der Waals surface area contributed by atoms with E-state index in [1.807, 2.05) is 31.3 Å². The van der Waals surface area contributed by atoms with Gasteiger partial charge in [-0.15, -0.1) is 0 Å². The molecule has 1 fully saturated rings. The number of imidazole rings is 1. The van der Waals surface area contributed by atoms with Crippen LogP contribution < -0.4 is 4.90 Å². The Hall–Kier alpha value is -3.95. The highest BCUT2D eigenvalue weighted by Gasteiger charge is 2.34. The molecule has 4 heterocycles. The molecule has 10 heteroatoms. The Kier molecular flexibility index (Phi) is 5.81. The summed E-state index contributed by atoms with van der Waals surface area (Å²) >= 11 is 0. The number of methoxy groups -OCH3 is 1. The van der Waals surface area contributed by atoms with E-state index in [1.54, 1.807) is 11.1 Å². The molecule has 1 saturated carbocycles. The number of aromatic nitrogens is 5. The van der Waals surface area contributed by atoms with E-state index < -0.39 is 5.97 Å². The van der Waals surface area contributed by atoms with Crippen molar-refractivity contribution < 1.29 is 19.4 Å². The average Bonchev–Trinajstić information content (AvgIpc) is 3.52. The first-order valence-electron chi connectivity index (χ1n) is 12.9. The number of hydrogen-bond donors (Lipinski definition) is 2. The SMILES string of the molecule is COC(=O)N1c2ccc3c(nc(Cc4cnc5[nH]ccc5n4)n3[C@@H]3CCC[C@@H](C(=O)O)C3)c2CCC1C. The molecular formula is C27H30N6O4. The van der Waals surface area contributed by atoms with E-state index in [9.17, 15) is 14.7 Å². The lowest BCUT2D eigenvalue weighted by Gasteiger charge is -2.34. The molecule has 0 saturated heterocycles. The maximum absolute atomic E-state index is 12.6. The van der Waals surface area contributed by atoms with Crippen LogP contribution in [0.4, 0.5) is 10.5 Å². The fourth-order valence-electron chi connectivity index (χ4n) is 6.09. The van der Waals surface area contributed by atoms with Crippen LogP contribution in [0.5, 0.6) is 0 Å². The number of ether oxygens (including phenoxy) is 1. The first kappa shape index (κ1) is 23.4. The van der Waals surface area contributed by atoms with Crippen LogP contribution in [0.25, 0.3) is 22.2 Å². The monoisotopic (exact) mass is 502 g/mol. The molecule has 1 aliphatic carbocycles. The second-order valence-electron chi connectivity index (χ2n) is 10.2. The number of fused-ring (bicyclic) bond motifs is 4. The number of rotatable bonds is 4. The quantitative estimate of drug-likeness (QED) is 0.417. The van der Waals surface area contributed by atoms with Gasteiger partial charge in [0.25, 0.3) is 0 Å². The van der Waals surface area contributed by atoms with Gasteiger partial charge < -0.3 is 19.4 Å². The normalized spacial score (nSPS) is 21.8. The number of carboxylic acids is 1. The van der Waals surface area contributed by atoms with Crippen molar-refractivity contribution in [2.45, 2.75) is 64.0 Å². The summed E-state index contributed by atoms with van der Waals surface area (Å²) < 4.78 is 7.31. The zero-order chi connectivity index (χ0) is 25.7. The highest BCUT2D eigenvalue weighted by molar-refractivity contribution is 5.95. The summed E-state index contributed by atoms with van der Waals surface area (Å²) in [5.74, 6) is -0.264. The largest absolute Gasteiger partial charge is 0.481 e. The van der Waals surface area contributed by atoms with Gasteiger partial charge in [-0.2, -0.15) is 0 Å². The van der Waals surface area contributed by atoms with Gasteiger partial charge in [0.15, 0.2) is 5.65 Å². The molecule has 3 aromatic heterocycles. The first-order chi connectivity index (χ1) is 17.9. The smallest absolute Gasteiger partial charge is 0.414 e. The van der Waals surface area contributed by atoms with Crippen molar-refractivity contribution in [3.05, 3.63) is 47.7 Å². The molecule has 3 atom stereocenters. The maximum atomic E-state index is 12.6. The molecule has 0 spiro atoms. The Morgan fingerprint density at radius 2 is 2.05 bits per heavy atom. The number of anilines is 1. The van der Waals surface area contributed by atoms with Gasteiger partial charge in [0.05, 0.1) is 41.6 Å². The van der Waals surface area contributed by atoms with E-state index in [0.29, 0.717) is 19.3 Å². The molecule has 1 aliphatic heterocycles. The molecule has 2 aliphatic rings. The van der Waals surface area contributed by atoms with E-state index in [-0.39, 0.29) is 24.1 Å². The van der Waals surface area contributed by atoms with E-state index in [0.717, 1.165) is 70.6 Å². The lowest BCUT2D eigenvalue weighted by Crippen LogP contribution is -2.42. The van der Waals surface area contributed by atoms with Crippen molar-refractivity contribution in [3.8, 4) is 0 Å². The molecule has 6 rings (SSSR count). The first-order valence-corrected chi connectivity index (χ1v) is 12.9. The number of nitrogens with one attached hydrogen (secondary N) is 1. The topological polar surface area (TPSA) is 126 Å². The number of amides is 1. The Bertz CT molecular complexity index is 1510. The van der Waals surface area contributed by atoms with E-state index in [1.165, 1.54) is 7.11 Å². The van der Waals surface area contributed by atoms with Gasteiger partial charge in [-0.25, -0.2) is 19.7 Å². The number of H-pyrrole nitrogens is 1. The highest BCUT2D eigenvalue weighted by Crippen LogP contribution is 2.40. The molecule has 192 valence electrons. The fourth-order valence-corrected chi connectivity index (χ4v) is 6.09. The second-order valence-corrected chi connectivity index (χ2v) is 10.2. The molecule has 2 N–H and O–H groups in total. The van der Waals surface area contributed by atoms with E-state index >= 15 is 0 Å². The van der Waals surface area contributed by atoms with Crippen LogP contribution in [-0.2, 0) is 22.4 Å². The van der Waals surface area contributed by atoms with Crippen LogP contribution in [0.3, 0.4) is 0 Å². The fraction of sp³-hybridized carbons (Fsp3) is 0.444. The standard InChI is InChI=1S/C27H30N6O4/c1-15-6-7-19-21(32(15)27(36)37-2)8-9-22-24(19)31-23(13-17-14-29-25-20(30-17)10-11-28-25)33(22)18-5-3-4-16(12-18)26(34)35/h8-11,14-16,18H,3-7,12-13H2,1-2H3,(H,28,29)(H,34,35)/t15?,16-,18-/m1/s1. The van der Waals surface area contributed by atoms with E-state index in [2.05, 4.69) is 14.5 Å².